The van der Waals surface area contributed by atoms with Crippen LogP contribution in [-0.4, -0.2) is 73.4 Å². The summed E-state index contributed by atoms with van der Waals surface area (Å²) in [6, 6.07) is 8.25. The first-order valence-corrected chi connectivity index (χ1v) is 10.4. The first kappa shape index (κ1) is 21.3. The quantitative estimate of drug-likeness (QED) is 0.719. The maximum Gasteiger partial charge on any atom is 0.321 e. The number of hydrogen-bond donors (Lipinski definition) is 0. The van der Waals surface area contributed by atoms with E-state index in [0.29, 0.717) is 44.2 Å². The third-order valence-corrected chi connectivity index (χ3v) is 5.90. The molecule has 3 heterocycles. The van der Waals surface area contributed by atoms with E-state index in [1.54, 1.807) is 25.3 Å². The van der Waals surface area contributed by atoms with E-state index >= 15 is 0 Å². The summed E-state index contributed by atoms with van der Waals surface area (Å²) < 4.78 is 30.1. The molecule has 0 atom stereocenters. The highest BCUT2D eigenvalue weighted by atomic mass is 19.1. The van der Waals surface area contributed by atoms with Crippen molar-refractivity contribution in [1.82, 2.24) is 14.9 Å². The van der Waals surface area contributed by atoms with Crippen molar-refractivity contribution >= 4 is 11.7 Å². The number of ether oxygens (including phenoxy) is 3. The molecular weight excluding hydrogens is 403 g/mol. The Labute approximate surface area is 180 Å². The molecule has 0 bridgehead atoms. The average Bonchev–Trinajstić information content (AvgIpc) is 2.79. The number of carbonyl (C=O) groups is 1. The zero-order valence-corrected chi connectivity index (χ0v) is 17.8. The number of halogens is 1. The van der Waals surface area contributed by atoms with Crippen molar-refractivity contribution in [3.05, 3.63) is 41.7 Å². The van der Waals surface area contributed by atoms with Gasteiger partial charge in [-0.05, 0) is 30.5 Å². The van der Waals surface area contributed by atoms with Crippen LogP contribution in [-0.2, 0) is 16.0 Å². The molecule has 2 aromatic rings. The molecule has 8 nitrogen and oxygen atoms in total. The number of carbonyl (C=O) groups excluding carboxylic acids is 1. The van der Waals surface area contributed by atoms with Crippen LogP contribution in [0.1, 0.15) is 18.4 Å². The van der Waals surface area contributed by atoms with Gasteiger partial charge in [0.15, 0.2) is 0 Å². The highest BCUT2D eigenvalue weighted by Gasteiger charge is 2.41. The molecule has 9 heteroatoms. The Hall–Kier alpha value is -2.94. The Morgan fingerprint density at radius 2 is 1.97 bits per heavy atom. The number of likely N-dealkylation sites (tertiary alicyclic amines) is 1. The largest absolute Gasteiger partial charge is 0.481 e. The summed E-state index contributed by atoms with van der Waals surface area (Å²) in [5.41, 5.74) is 0.358. The van der Waals surface area contributed by atoms with E-state index in [0.717, 1.165) is 18.7 Å². The summed E-state index contributed by atoms with van der Waals surface area (Å²) in [5, 5.41) is 0. The van der Waals surface area contributed by atoms with E-state index in [9.17, 15) is 9.18 Å². The molecular formula is C22H27FN4O4. The minimum absolute atomic E-state index is 0.0124. The Morgan fingerprint density at radius 1 is 1.16 bits per heavy atom. The first-order valence-electron chi connectivity index (χ1n) is 10.4. The summed E-state index contributed by atoms with van der Waals surface area (Å²) in [7, 11) is 3.08. The highest BCUT2D eigenvalue weighted by Crippen LogP contribution is 2.33. The number of amides is 1. The van der Waals surface area contributed by atoms with Gasteiger partial charge >= 0.3 is 6.01 Å². The van der Waals surface area contributed by atoms with Crippen molar-refractivity contribution in [2.45, 2.75) is 24.9 Å². The number of anilines is 1. The second kappa shape index (κ2) is 9.05. The number of nitrogens with zero attached hydrogens (tertiary/aromatic N) is 4. The number of hydrogen-bond acceptors (Lipinski definition) is 7. The molecule has 1 spiro atoms. The lowest BCUT2D eigenvalue weighted by Gasteiger charge is -2.47. The zero-order chi connectivity index (χ0) is 21.8. The van der Waals surface area contributed by atoms with Gasteiger partial charge in [0.1, 0.15) is 11.6 Å². The monoisotopic (exact) mass is 430 g/mol. The average molecular weight is 430 g/mol. The third kappa shape index (κ3) is 4.87. The van der Waals surface area contributed by atoms with Crippen molar-refractivity contribution in [3.8, 4) is 11.9 Å². The van der Waals surface area contributed by atoms with Gasteiger partial charge in [-0.2, -0.15) is 9.97 Å². The summed E-state index contributed by atoms with van der Waals surface area (Å²) in [6.07, 6.45) is 1.67. The molecule has 0 saturated carbocycles. The van der Waals surface area contributed by atoms with Gasteiger partial charge in [-0.3, -0.25) is 4.79 Å². The molecule has 1 aromatic carbocycles. The van der Waals surface area contributed by atoms with E-state index in [2.05, 4.69) is 14.9 Å². The Bertz CT molecular complexity index is 911. The van der Waals surface area contributed by atoms with Gasteiger partial charge < -0.3 is 24.0 Å². The SMILES string of the molecule is COc1cc(N2CCOC3(CCN(C(=O)Cc4cccc(F)c4)CC3)C2)nc(OC)n1. The van der Waals surface area contributed by atoms with Gasteiger partial charge in [-0.1, -0.05) is 12.1 Å². The van der Waals surface area contributed by atoms with Crippen LogP contribution in [0.15, 0.2) is 30.3 Å². The summed E-state index contributed by atoms with van der Waals surface area (Å²) in [4.78, 5) is 25.3. The molecule has 0 unspecified atom stereocenters. The van der Waals surface area contributed by atoms with E-state index in [1.807, 2.05) is 4.90 Å². The molecule has 0 aliphatic carbocycles. The van der Waals surface area contributed by atoms with E-state index in [4.69, 9.17) is 14.2 Å². The van der Waals surface area contributed by atoms with Gasteiger partial charge in [0, 0.05) is 32.2 Å². The normalized spacial score (nSPS) is 18.2. The van der Waals surface area contributed by atoms with Crippen LogP contribution in [0, 0.1) is 5.82 Å². The zero-order valence-electron chi connectivity index (χ0n) is 17.8. The smallest absolute Gasteiger partial charge is 0.321 e. The fraction of sp³-hybridized carbons (Fsp3) is 0.500. The Kier molecular flexibility index (Phi) is 6.22. The van der Waals surface area contributed by atoms with Gasteiger partial charge in [0.25, 0.3) is 0 Å². The van der Waals surface area contributed by atoms with Gasteiger partial charge in [0.05, 0.1) is 32.8 Å². The molecule has 2 fully saturated rings. The molecule has 4 rings (SSSR count). The van der Waals surface area contributed by atoms with Crippen molar-refractivity contribution in [3.63, 3.8) is 0 Å². The van der Waals surface area contributed by atoms with Crippen LogP contribution in [0.4, 0.5) is 10.2 Å². The number of aromatic nitrogens is 2. The Morgan fingerprint density at radius 3 is 2.68 bits per heavy atom. The maximum atomic E-state index is 13.4. The maximum absolute atomic E-state index is 13.4. The van der Waals surface area contributed by atoms with Crippen LogP contribution in [0.3, 0.4) is 0 Å². The van der Waals surface area contributed by atoms with Crippen LogP contribution < -0.4 is 14.4 Å². The van der Waals surface area contributed by atoms with Gasteiger partial charge in [-0.25, -0.2) is 4.39 Å². The van der Waals surface area contributed by atoms with E-state index < -0.39 is 0 Å². The fourth-order valence-corrected chi connectivity index (χ4v) is 4.19. The van der Waals surface area contributed by atoms with Crippen molar-refractivity contribution < 1.29 is 23.4 Å². The number of morpholine rings is 1. The van der Waals surface area contributed by atoms with E-state index in [1.165, 1.54) is 19.2 Å². The number of benzene rings is 1. The van der Waals surface area contributed by atoms with Crippen molar-refractivity contribution in [2.75, 3.05) is 51.9 Å². The molecule has 2 aliphatic heterocycles. The molecule has 166 valence electrons. The second-order valence-corrected chi connectivity index (χ2v) is 7.90. The first-order chi connectivity index (χ1) is 15.0. The van der Waals surface area contributed by atoms with Crippen molar-refractivity contribution in [2.24, 2.45) is 0 Å². The second-order valence-electron chi connectivity index (χ2n) is 7.90. The van der Waals surface area contributed by atoms with Crippen LogP contribution in [0.25, 0.3) is 0 Å². The van der Waals surface area contributed by atoms with Crippen molar-refractivity contribution in [1.29, 1.82) is 0 Å². The standard InChI is InChI=1S/C22H27FN4O4/c1-29-19-14-18(24-21(25-19)30-2)27-10-11-31-22(15-27)6-8-26(9-7-22)20(28)13-16-4-3-5-17(23)12-16/h3-5,12,14H,6-11,13,15H2,1-2H3. The lowest BCUT2D eigenvalue weighted by molar-refractivity contribution is -0.138. The van der Waals surface area contributed by atoms with Crippen LogP contribution in [0.2, 0.25) is 0 Å². The third-order valence-electron chi connectivity index (χ3n) is 5.90. The molecule has 2 aliphatic rings. The van der Waals surface area contributed by atoms with E-state index in [-0.39, 0.29) is 29.8 Å². The predicted molar refractivity (Wildman–Crippen MR) is 112 cm³/mol. The summed E-state index contributed by atoms with van der Waals surface area (Å²) in [6.45, 7) is 3.16. The minimum atomic E-state index is -0.334. The van der Waals surface area contributed by atoms with Gasteiger partial charge in [0.2, 0.25) is 11.8 Å². The molecule has 1 amide bonds. The van der Waals surface area contributed by atoms with Crippen LogP contribution in [0.5, 0.6) is 11.9 Å². The molecule has 0 radical (unpaired) electrons. The fourth-order valence-electron chi connectivity index (χ4n) is 4.19. The lowest BCUT2D eigenvalue weighted by atomic mass is 9.89. The molecule has 31 heavy (non-hydrogen) atoms. The van der Waals surface area contributed by atoms with Crippen LogP contribution >= 0.6 is 0 Å². The predicted octanol–water partition coefficient (Wildman–Crippen LogP) is 2.07. The lowest BCUT2D eigenvalue weighted by Crippen LogP contribution is -2.58. The highest BCUT2D eigenvalue weighted by molar-refractivity contribution is 5.78. The molecule has 1 aromatic heterocycles. The van der Waals surface area contributed by atoms with Gasteiger partial charge in [-0.15, -0.1) is 0 Å². The Balaban J connectivity index is 1.39. The number of methoxy groups -OCH3 is 2. The number of rotatable bonds is 5. The number of piperidine rings is 1. The summed E-state index contributed by atoms with van der Waals surface area (Å²) >= 11 is 0. The molecule has 2 saturated heterocycles. The topological polar surface area (TPSA) is 77.0 Å². The summed E-state index contributed by atoms with van der Waals surface area (Å²) in [5.74, 6) is 0.867. The minimum Gasteiger partial charge on any atom is -0.481 e. The molecule has 0 N–H and O–H groups in total.